The number of ether oxygens (including phenoxy) is 2. The summed E-state index contributed by atoms with van der Waals surface area (Å²) in [6.07, 6.45) is 0.237. The molecule has 4 rings (SSSR count). The molecule has 0 saturated heterocycles. The van der Waals surface area contributed by atoms with E-state index in [9.17, 15) is 4.79 Å². The molecule has 1 aromatic heterocycles. The van der Waals surface area contributed by atoms with Gasteiger partial charge in [0.05, 0.1) is 17.1 Å². The zero-order valence-electron chi connectivity index (χ0n) is 15.3. The third kappa shape index (κ3) is 4.29. The number of carbonyl (C=O) groups is 1. The van der Waals surface area contributed by atoms with Crippen LogP contribution in [-0.2, 0) is 17.8 Å². The Hall–Kier alpha value is -2.57. The number of nitrogens with one attached hydrogen (secondary N) is 1. The van der Waals surface area contributed by atoms with Crippen molar-refractivity contribution in [3.63, 3.8) is 0 Å². The molecule has 2 heterocycles. The molecule has 0 saturated carbocycles. The molecule has 5 nitrogen and oxygen atoms in total. The Morgan fingerprint density at radius 2 is 2.11 bits per heavy atom. The molecule has 1 aliphatic rings. The minimum absolute atomic E-state index is 0.0906. The van der Waals surface area contributed by atoms with Gasteiger partial charge in [0.25, 0.3) is 0 Å². The maximum Gasteiger partial charge on any atom is 0.226 e. The SMILES string of the molecule is Cc1cccc(-c2nc(CC(=O)NCc3cc(Cl)c4c(c3)OCCO4)cs2)c1. The number of aryl methyl sites for hydroxylation is 1. The Labute approximate surface area is 172 Å². The van der Waals surface area contributed by atoms with Crippen LogP contribution in [0.2, 0.25) is 5.02 Å². The lowest BCUT2D eigenvalue weighted by Gasteiger charge is -2.20. The van der Waals surface area contributed by atoms with E-state index in [1.165, 1.54) is 5.56 Å². The van der Waals surface area contributed by atoms with Gasteiger partial charge in [0.15, 0.2) is 11.5 Å². The fourth-order valence-electron chi connectivity index (χ4n) is 2.99. The summed E-state index contributed by atoms with van der Waals surface area (Å²) in [7, 11) is 0. The highest BCUT2D eigenvalue weighted by Gasteiger charge is 2.17. The van der Waals surface area contributed by atoms with Gasteiger partial charge in [-0.25, -0.2) is 4.98 Å². The van der Waals surface area contributed by atoms with E-state index in [4.69, 9.17) is 21.1 Å². The first kappa shape index (κ1) is 18.8. The minimum atomic E-state index is -0.0906. The van der Waals surface area contributed by atoms with Crippen molar-refractivity contribution in [2.45, 2.75) is 19.9 Å². The quantitative estimate of drug-likeness (QED) is 0.672. The molecule has 0 atom stereocenters. The minimum Gasteiger partial charge on any atom is -0.486 e. The van der Waals surface area contributed by atoms with E-state index in [0.29, 0.717) is 36.3 Å². The number of benzene rings is 2. The lowest BCUT2D eigenvalue weighted by atomic mass is 10.1. The summed E-state index contributed by atoms with van der Waals surface area (Å²) in [5, 5.41) is 6.25. The van der Waals surface area contributed by atoms with Crippen molar-refractivity contribution in [2.75, 3.05) is 13.2 Å². The summed E-state index contributed by atoms with van der Waals surface area (Å²) >= 11 is 7.78. The summed E-state index contributed by atoms with van der Waals surface area (Å²) in [6, 6.07) is 11.8. The molecule has 3 aromatic rings. The number of hydrogen-bond donors (Lipinski definition) is 1. The molecule has 0 aliphatic carbocycles. The first-order valence-corrected chi connectivity index (χ1v) is 10.2. The van der Waals surface area contributed by atoms with E-state index in [1.54, 1.807) is 17.4 Å². The first-order chi connectivity index (χ1) is 13.6. The van der Waals surface area contributed by atoms with Crippen molar-refractivity contribution in [2.24, 2.45) is 0 Å². The van der Waals surface area contributed by atoms with Gasteiger partial charge < -0.3 is 14.8 Å². The predicted molar refractivity (Wildman–Crippen MR) is 110 cm³/mol. The predicted octanol–water partition coefficient (Wildman–Crippen LogP) is 4.40. The Bertz CT molecular complexity index is 1020. The normalized spacial score (nSPS) is 12.6. The second-order valence-corrected chi connectivity index (χ2v) is 7.83. The number of nitrogens with zero attached hydrogens (tertiary/aromatic N) is 1. The second kappa shape index (κ2) is 8.20. The summed E-state index contributed by atoms with van der Waals surface area (Å²) < 4.78 is 11.1. The summed E-state index contributed by atoms with van der Waals surface area (Å²) in [4.78, 5) is 16.9. The highest BCUT2D eigenvalue weighted by Crippen LogP contribution is 2.38. The number of hydrogen-bond acceptors (Lipinski definition) is 5. The topological polar surface area (TPSA) is 60.5 Å². The monoisotopic (exact) mass is 414 g/mol. The molecule has 0 radical (unpaired) electrons. The average Bonchev–Trinajstić information content (AvgIpc) is 3.15. The molecule has 7 heteroatoms. The Kier molecular flexibility index (Phi) is 5.50. The van der Waals surface area contributed by atoms with Crippen LogP contribution < -0.4 is 14.8 Å². The smallest absolute Gasteiger partial charge is 0.226 e. The number of amides is 1. The molecule has 0 spiro atoms. The highest BCUT2D eigenvalue weighted by atomic mass is 35.5. The van der Waals surface area contributed by atoms with Crippen molar-refractivity contribution in [3.05, 3.63) is 63.6 Å². The van der Waals surface area contributed by atoms with Crippen molar-refractivity contribution in [1.29, 1.82) is 0 Å². The Balaban J connectivity index is 1.37. The van der Waals surface area contributed by atoms with Crippen molar-refractivity contribution >= 4 is 28.8 Å². The van der Waals surface area contributed by atoms with Crippen LogP contribution in [0.4, 0.5) is 0 Å². The third-order valence-electron chi connectivity index (χ3n) is 4.30. The second-order valence-electron chi connectivity index (χ2n) is 6.57. The molecule has 28 heavy (non-hydrogen) atoms. The van der Waals surface area contributed by atoms with Gasteiger partial charge in [-0.05, 0) is 30.7 Å². The molecule has 2 aromatic carbocycles. The largest absolute Gasteiger partial charge is 0.486 e. The third-order valence-corrected chi connectivity index (χ3v) is 5.53. The van der Waals surface area contributed by atoms with E-state index in [2.05, 4.69) is 29.4 Å². The Morgan fingerprint density at radius 3 is 2.96 bits per heavy atom. The fourth-order valence-corrected chi connectivity index (χ4v) is 4.10. The molecule has 0 fully saturated rings. The Morgan fingerprint density at radius 1 is 1.25 bits per heavy atom. The van der Waals surface area contributed by atoms with Crippen LogP contribution in [0.3, 0.4) is 0 Å². The van der Waals surface area contributed by atoms with E-state index in [-0.39, 0.29) is 12.3 Å². The van der Waals surface area contributed by atoms with E-state index in [1.807, 2.05) is 23.6 Å². The van der Waals surface area contributed by atoms with E-state index in [0.717, 1.165) is 21.8 Å². The lowest BCUT2D eigenvalue weighted by Crippen LogP contribution is -2.25. The van der Waals surface area contributed by atoms with Gasteiger partial charge in [0, 0.05) is 17.5 Å². The van der Waals surface area contributed by atoms with E-state index >= 15 is 0 Å². The standard InChI is InChI=1S/C21H19ClN2O3S/c1-13-3-2-4-15(7-13)21-24-16(12-28-21)10-19(25)23-11-14-8-17(22)20-18(9-14)26-5-6-27-20/h2-4,7-9,12H,5-6,10-11H2,1H3,(H,23,25). The van der Waals surface area contributed by atoms with Gasteiger partial charge in [0.2, 0.25) is 5.91 Å². The van der Waals surface area contributed by atoms with Gasteiger partial charge in [0.1, 0.15) is 18.2 Å². The molecule has 144 valence electrons. The molecular formula is C21H19ClN2O3S. The van der Waals surface area contributed by atoms with Crippen molar-refractivity contribution in [3.8, 4) is 22.1 Å². The fraction of sp³-hybridized carbons (Fsp3) is 0.238. The van der Waals surface area contributed by atoms with Crippen LogP contribution in [0.1, 0.15) is 16.8 Å². The van der Waals surface area contributed by atoms with Gasteiger partial charge in [-0.15, -0.1) is 11.3 Å². The van der Waals surface area contributed by atoms with Crippen LogP contribution >= 0.6 is 22.9 Å². The zero-order chi connectivity index (χ0) is 19.5. The molecule has 0 unspecified atom stereocenters. The maximum atomic E-state index is 12.3. The van der Waals surface area contributed by atoms with Crippen LogP contribution in [-0.4, -0.2) is 24.1 Å². The molecule has 0 bridgehead atoms. The summed E-state index contributed by atoms with van der Waals surface area (Å²) in [6.45, 7) is 3.40. The molecule has 1 aliphatic heterocycles. The van der Waals surface area contributed by atoms with Gasteiger partial charge >= 0.3 is 0 Å². The first-order valence-electron chi connectivity index (χ1n) is 8.94. The van der Waals surface area contributed by atoms with Crippen LogP contribution in [0.25, 0.3) is 10.6 Å². The number of thiazole rings is 1. The van der Waals surface area contributed by atoms with Crippen molar-refractivity contribution in [1.82, 2.24) is 10.3 Å². The van der Waals surface area contributed by atoms with Crippen LogP contribution in [0, 0.1) is 6.92 Å². The number of aromatic nitrogens is 1. The van der Waals surface area contributed by atoms with E-state index < -0.39 is 0 Å². The van der Waals surface area contributed by atoms with Crippen LogP contribution in [0.15, 0.2) is 41.8 Å². The molecular weight excluding hydrogens is 396 g/mol. The molecule has 1 amide bonds. The number of carbonyl (C=O) groups excluding carboxylic acids is 1. The number of rotatable bonds is 5. The van der Waals surface area contributed by atoms with Gasteiger partial charge in [-0.3, -0.25) is 4.79 Å². The van der Waals surface area contributed by atoms with Gasteiger partial charge in [-0.1, -0.05) is 35.4 Å². The highest BCUT2D eigenvalue weighted by molar-refractivity contribution is 7.13. The maximum absolute atomic E-state index is 12.3. The summed E-state index contributed by atoms with van der Waals surface area (Å²) in [5.41, 5.74) is 3.88. The zero-order valence-corrected chi connectivity index (χ0v) is 16.9. The van der Waals surface area contributed by atoms with Crippen molar-refractivity contribution < 1.29 is 14.3 Å². The van der Waals surface area contributed by atoms with Crippen LogP contribution in [0.5, 0.6) is 11.5 Å². The number of fused-ring (bicyclic) bond motifs is 1. The van der Waals surface area contributed by atoms with Gasteiger partial charge in [-0.2, -0.15) is 0 Å². The molecule has 1 N–H and O–H groups in total. The lowest BCUT2D eigenvalue weighted by molar-refractivity contribution is -0.120. The number of halogens is 1. The summed E-state index contributed by atoms with van der Waals surface area (Å²) in [5.74, 6) is 1.09. The average molecular weight is 415 g/mol.